The minimum absolute atomic E-state index is 0.0349. The molecule has 4 rings (SSSR count). The fourth-order valence-electron chi connectivity index (χ4n) is 3.25. The molecule has 0 aromatic heterocycles. The lowest BCUT2D eigenvalue weighted by Gasteiger charge is -2.47. The molecule has 1 aliphatic carbocycles. The summed E-state index contributed by atoms with van der Waals surface area (Å²) in [4.78, 5) is 0. The molecular weight excluding hydrogens is 266 g/mol. The van der Waals surface area contributed by atoms with Crippen molar-refractivity contribution in [3.8, 4) is 0 Å². The molecule has 4 fully saturated rings. The molecule has 4 aliphatic rings. The Morgan fingerprint density at radius 3 is 2.76 bits per heavy atom. The van der Waals surface area contributed by atoms with E-state index in [1.165, 1.54) is 0 Å². The smallest absolute Gasteiger partial charge is 0.309 e. The van der Waals surface area contributed by atoms with Gasteiger partial charge in [-0.25, -0.2) is 0 Å². The van der Waals surface area contributed by atoms with Gasteiger partial charge in [-0.3, -0.25) is 0 Å². The summed E-state index contributed by atoms with van der Waals surface area (Å²) in [7, 11) is -3.12. The zero-order valence-corrected chi connectivity index (χ0v) is 11.0. The highest BCUT2D eigenvalue weighted by molar-refractivity contribution is 7.42. The third kappa shape index (κ3) is 1.50. The third-order valence-electron chi connectivity index (χ3n) is 4.09. The van der Waals surface area contributed by atoms with Gasteiger partial charge in [-0.1, -0.05) is 0 Å². The van der Waals surface area contributed by atoms with E-state index in [0.29, 0.717) is 19.8 Å². The topological polar surface area (TPSA) is 63.2 Å². The molecule has 0 amide bonds. The number of hydrogen-bond donors (Lipinski definition) is 0. The van der Waals surface area contributed by atoms with Crippen LogP contribution in [0.3, 0.4) is 0 Å². The van der Waals surface area contributed by atoms with Crippen molar-refractivity contribution in [2.45, 2.75) is 31.0 Å². The molecule has 94 valence electrons. The van der Waals surface area contributed by atoms with E-state index in [4.69, 9.17) is 22.6 Å². The van der Waals surface area contributed by atoms with Crippen LogP contribution in [0.5, 0.6) is 0 Å². The highest BCUT2D eigenvalue weighted by atomic mass is 31.2. The molecule has 6 nitrogen and oxygen atoms in total. The fraction of sp³-hybridized carbons (Fsp3) is 1.00. The molecule has 2 bridgehead atoms. The summed E-state index contributed by atoms with van der Waals surface area (Å²) >= 11 is 0. The van der Waals surface area contributed by atoms with Gasteiger partial charge in [-0.2, -0.15) is 0 Å². The van der Waals surface area contributed by atoms with Gasteiger partial charge in [0.2, 0.25) is 0 Å². The van der Waals surface area contributed by atoms with Crippen molar-refractivity contribution in [2.24, 2.45) is 5.41 Å². The van der Waals surface area contributed by atoms with Crippen LogP contribution < -0.4 is 0 Å². The van der Waals surface area contributed by atoms with Crippen LogP contribution in [-0.2, 0) is 27.2 Å². The Kier molecular flexibility index (Phi) is 2.41. The summed E-state index contributed by atoms with van der Waals surface area (Å²) in [5.74, 6) is 0. The number of fused-ring (bicyclic) bond motifs is 2. The molecule has 3 heterocycles. The third-order valence-corrected chi connectivity index (χ3v) is 6.00. The molecule has 3 saturated heterocycles. The fourth-order valence-corrected chi connectivity index (χ4v) is 5.65. The summed E-state index contributed by atoms with van der Waals surface area (Å²) in [6.07, 6.45) is 2.93. The first-order chi connectivity index (χ1) is 8.23. The van der Waals surface area contributed by atoms with Gasteiger partial charge in [0, 0.05) is 4.57 Å². The van der Waals surface area contributed by atoms with Gasteiger partial charge in [0.25, 0.3) is 0 Å². The van der Waals surface area contributed by atoms with Crippen molar-refractivity contribution in [2.75, 3.05) is 19.8 Å². The SMILES string of the molecule is O=[P+]1OCC2(CCCC34COP(OC23)O4)CO1. The minimum atomic E-state index is -1.94. The van der Waals surface area contributed by atoms with Crippen molar-refractivity contribution in [1.82, 2.24) is 0 Å². The Morgan fingerprint density at radius 1 is 1.18 bits per heavy atom. The molecule has 2 spiro atoms. The van der Waals surface area contributed by atoms with Crippen molar-refractivity contribution in [3.05, 3.63) is 0 Å². The molecule has 3 atom stereocenters. The van der Waals surface area contributed by atoms with E-state index in [2.05, 4.69) is 0 Å². The summed E-state index contributed by atoms with van der Waals surface area (Å²) in [5, 5.41) is 0. The van der Waals surface area contributed by atoms with Crippen molar-refractivity contribution in [1.29, 1.82) is 0 Å². The van der Waals surface area contributed by atoms with Crippen LogP contribution in [0.2, 0.25) is 0 Å². The molecule has 17 heavy (non-hydrogen) atoms. The molecule has 0 aromatic rings. The van der Waals surface area contributed by atoms with Crippen LogP contribution in [0, 0.1) is 5.41 Å². The molecule has 8 heteroatoms. The summed E-state index contributed by atoms with van der Waals surface area (Å²) < 4.78 is 38.7. The highest BCUT2D eigenvalue weighted by Crippen LogP contribution is 2.68. The predicted molar refractivity (Wildman–Crippen MR) is 57.4 cm³/mol. The maximum Gasteiger partial charge on any atom is 0.697 e. The van der Waals surface area contributed by atoms with Gasteiger partial charge in [0.05, 0.1) is 12.0 Å². The summed E-state index contributed by atoms with van der Waals surface area (Å²) in [6, 6.07) is 0. The first kappa shape index (κ1) is 11.2. The quantitative estimate of drug-likeness (QED) is 0.634. The van der Waals surface area contributed by atoms with E-state index in [0.717, 1.165) is 19.3 Å². The Bertz CT molecular complexity index is 366. The second-order valence-corrected chi connectivity index (χ2v) is 7.19. The Morgan fingerprint density at radius 2 is 2.00 bits per heavy atom. The Balaban J connectivity index is 1.66. The molecule has 0 N–H and O–H groups in total. The minimum Gasteiger partial charge on any atom is -0.309 e. The van der Waals surface area contributed by atoms with Crippen LogP contribution >= 0.6 is 16.9 Å². The van der Waals surface area contributed by atoms with E-state index in [9.17, 15) is 4.57 Å². The number of hydrogen-bond acceptors (Lipinski definition) is 6. The predicted octanol–water partition coefficient (Wildman–Crippen LogP) is 2.27. The van der Waals surface area contributed by atoms with Crippen LogP contribution in [0.1, 0.15) is 19.3 Å². The lowest BCUT2D eigenvalue weighted by Crippen LogP contribution is -2.59. The highest BCUT2D eigenvalue weighted by Gasteiger charge is 2.68. The van der Waals surface area contributed by atoms with Gasteiger partial charge >= 0.3 is 16.9 Å². The van der Waals surface area contributed by atoms with Crippen LogP contribution in [0.25, 0.3) is 0 Å². The van der Waals surface area contributed by atoms with Gasteiger partial charge in [0.1, 0.15) is 24.9 Å². The van der Waals surface area contributed by atoms with Crippen LogP contribution in [0.15, 0.2) is 0 Å². The van der Waals surface area contributed by atoms with Crippen LogP contribution in [-0.4, -0.2) is 31.5 Å². The van der Waals surface area contributed by atoms with Crippen molar-refractivity contribution < 1.29 is 27.2 Å². The number of rotatable bonds is 0. The van der Waals surface area contributed by atoms with Gasteiger partial charge in [0.15, 0.2) is 0 Å². The van der Waals surface area contributed by atoms with Crippen molar-refractivity contribution in [3.63, 3.8) is 0 Å². The molecule has 3 aliphatic heterocycles. The second kappa shape index (κ2) is 3.67. The molecule has 3 unspecified atom stereocenters. The Hall–Kier alpha value is 0.330. The maximum absolute atomic E-state index is 11.2. The maximum atomic E-state index is 11.2. The second-order valence-electron chi connectivity index (χ2n) is 5.12. The van der Waals surface area contributed by atoms with E-state index in [1.807, 2.05) is 0 Å². The zero-order valence-electron chi connectivity index (χ0n) is 9.16. The average Bonchev–Trinajstić information content (AvgIpc) is 2.90. The van der Waals surface area contributed by atoms with Gasteiger partial charge in [-0.15, -0.1) is 9.05 Å². The van der Waals surface area contributed by atoms with E-state index >= 15 is 0 Å². The summed E-state index contributed by atoms with van der Waals surface area (Å²) in [5.41, 5.74) is -0.512. The first-order valence-corrected chi connectivity index (χ1v) is 7.94. The molecule has 0 aromatic carbocycles. The zero-order chi connectivity index (χ0) is 11.5. The molecule has 0 radical (unpaired) electrons. The Labute approximate surface area is 101 Å². The van der Waals surface area contributed by atoms with Gasteiger partial charge < -0.3 is 13.6 Å². The van der Waals surface area contributed by atoms with Crippen molar-refractivity contribution >= 4 is 16.9 Å². The normalized spacial score (nSPS) is 55.2. The molecular formula is C9H13O6P2+. The largest absolute Gasteiger partial charge is 0.697 e. The monoisotopic (exact) mass is 279 g/mol. The lowest BCUT2D eigenvalue weighted by atomic mass is 9.66. The van der Waals surface area contributed by atoms with Gasteiger partial charge in [-0.05, 0) is 19.3 Å². The summed E-state index contributed by atoms with van der Waals surface area (Å²) in [6.45, 7) is 1.47. The average molecular weight is 279 g/mol. The van der Waals surface area contributed by atoms with E-state index < -0.39 is 16.9 Å². The standard InChI is InChI=1S/C9H13O6P2/c10-16-11-4-8(5-12-16)2-1-3-9-6-13-17(15-9)14-7(8)9/h7H,1-6H2/q+1. The molecule has 1 saturated carbocycles. The van der Waals surface area contributed by atoms with Crippen LogP contribution in [0.4, 0.5) is 0 Å². The van der Waals surface area contributed by atoms with E-state index in [-0.39, 0.29) is 17.1 Å². The van der Waals surface area contributed by atoms with E-state index in [1.54, 1.807) is 0 Å². The first-order valence-electron chi connectivity index (χ1n) is 5.75. The lowest BCUT2D eigenvalue weighted by molar-refractivity contribution is -0.141.